The Kier molecular flexibility index (Phi) is 4.76. The first kappa shape index (κ1) is 13.2. The normalized spacial score (nSPS) is 40.4. The van der Waals surface area contributed by atoms with E-state index in [4.69, 9.17) is 14.6 Å². The van der Waals surface area contributed by atoms with Crippen LogP contribution in [0.25, 0.3) is 0 Å². The van der Waals surface area contributed by atoms with Gasteiger partial charge in [0.25, 0.3) is 0 Å². The molecular formula is C12H23NO4. The smallest absolute Gasteiger partial charge is 0.0936 e. The summed E-state index contributed by atoms with van der Waals surface area (Å²) < 4.78 is 11.0. The molecule has 2 N–H and O–H groups in total. The number of hydrogen-bond acceptors (Lipinski definition) is 5. The van der Waals surface area contributed by atoms with E-state index in [0.717, 1.165) is 26.1 Å². The summed E-state index contributed by atoms with van der Waals surface area (Å²) in [6.07, 6.45) is 0.519. The highest BCUT2D eigenvalue weighted by Crippen LogP contribution is 2.19. The van der Waals surface area contributed by atoms with Gasteiger partial charge in [-0.1, -0.05) is 0 Å². The standard InChI is InChI=1S/C12H23NO4/c1-9-4-13(6-11(7-14)17-9)5-10-8-16-3-2-12(10)15/h9-12,14-15H,2-8H2,1H3. The van der Waals surface area contributed by atoms with Crippen LogP contribution in [0.15, 0.2) is 0 Å². The van der Waals surface area contributed by atoms with Gasteiger partial charge in [0, 0.05) is 32.2 Å². The van der Waals surface area contributed by atoms with E-state index in [2.05, 4.69) is 4.90 Å². The molecular weight excluding hydrogens is 222 g/mol. The number of ether oxygens (including phenoxy) is 2. The zero-order valence-electron chi connectivity index (χ0n) is 10.4. The summed E-state index contributed by atoms with van der Waals surface area (Å²) in [5, 5.41) is 19.1. The predicted octanol–water partition coefficient (Wildman–Crippen LogP) is -0.535. The number of morpholine rings is 1. The maximum absolute atomic E-state index is 9.90. The van der Waals surface area contributed by atoms with Gasteiger partial charge in [0.1, 0.15) is 0 Å². The van der Waals surface area contributed by atoms with Crippen LogP contribution in [0, 0.1) is 5.92 Å². The first-order valence-electron chi connectivity index (χ1n) is 6.43. The average Bonchev–Trinajstić information content (AvgIpc) is 2.31. The molecule has 2 fully saturated rings. The molecule has 0 amide bonds. The van der Waals surface area contributed by atoms with Gasteiger partial charge in [-0.25, -0.2) is 0 Å². The lowest BCUT2D eigenvalue weighted by Crippen LogP contribution is -2.51. The van der Waals surface area contributed by atoms with Gasteiger partial charge in [0.2, 0.25) is 0 Å². The van der Waals surface area contributed by atoms with Crippen LogP contribution in [0.3, 0.4) is 0 Å². The maximum Gasteiger partial charge on any atom is 0.0936 e. The Morgan fingerprint density at radius 1 is 1.35 bits per heavy atom. The van der Waals surface area contributed by atoms with Crippen molar-refractivity contribution in [3.05, 3.63) is 0 Å². The molecule has 0 radical (unpaired) electrons. The van der Waals surface area contributed by atoms with E-state index >= 15 is 0 Å². The molecule has 2 aliphatic heterocycles. The molecule has 4 atom stereocenters. The van der Waals surface area contributed by atoms with Gasteiger partial charge in [0.05, 0.1) is 31.5 Å². The molecule has 2 heterocycles. The van der Waals surface area contributed by atoms with Gasteiger partial charge >= 0.3 is 0 Å². The van der Waals surface area contributed by atoms with Crippen molar-refractivity contribution in [1.29, 1.82) is 0 Å². The largest absolute Gasteiger partial charge is 0.394 e. The molecule has 2 saturated heterocycles. The van der Waals surface area contributed by atoms with E-state index in [1.54, 1.807) is 0 Å². The van der Waals surface area contributed by atoms with E-state index in [1.165, 1.54) is 0 Å². The van der Waals surface area contributed by atoms with Gasteiger partial charge in [-0.2, -0.15) is 0 Å². The summed E-state index contributed by atoms with van der Waals surface area (Å²) in [6.45, 7) is 5.80. The van der Waals surface area contributed by atoms with Gasteiger partial charge in [-0.3, -0.25) is 4.90 Å². The van der Waals surface area contributed by atoms with E-state index in [9.17, 15) is 5.11 Å². The Labute approximate surface area is 102 Å². The summed E-state index contributed by atoms with van der Waals surface area (Å²) in [4.78, 5) is 2.26. The van der Waals surface area contributed by atoms with Gasteiger partial charge in [-0.05, 0) is 13.3 Å². The fraction of sp³-hybridized carbons (Fsp3) is 1.00. The Balaban J connectivity index is 1.84. The second kappa shape index (κ2) is 6.11. The lowest BCUT2D eigenvalue weighted by Gasteiger charge is -2.39. The number of aliphatic hydroxyl groups excluding tert-OH is 2. The second-order valence-electron chi connectivity index (χ2n) is 5.16. The third-order valence-corrected chi connectivity index (χ3v) is 3.53. The summed E-state index contributed by atoms with van der Waals surface area (Å²) in [5.74, 6) is 0.188. The topological polar surface area (TPSA) is 62.2 Å². The molecule has 0 aromatic rings. The van der Waals surface area contributed by atoms with Crippen molar-refractivity contribution in [2.75, 3.05) is 39.5 Å². The van der Waals surface area contributed by atoms with Crippen LogP contribution in [0.5, 0.6) is 0 Å². The van der Waals surface area contributed by atoms with Gasteiger partial charge in [-0.15, -0.1) is 0 Å². The minimum atomic E-state index is -0.255. The van der Waals surface area contributed by atoms with Gasteiger partial charge < -0.3 is 19.7 Å². The molecule has 4 unspecified atom stereocenters. The predicted molar refractivity (Wildman–Crippen MR) is 62.8 cm³/mol. The molecule has 0 aromatic heterocycles. The Morgan fingerprint density at radius 2 is 2.18 bits per heavy atom. The van der Waals surface area contributed by atoms with Crippen molar-refractivity contribution in [3.8, 4) is 0 Å². The van der Waals surface area contributed by atoms with Crippen LogP contribution in [-0.2, 0) is 9.47 Å². The van der Waals surface area contributed by atoms with Crippen LogP contribution in [0.4, 0.5) is 0 Å². The van der Waals surface area contributed by atoms with Crippen LogP contribution in [0.2, 0.25) is 0 Å². The van der Waals surface area contributed by atoms with E-state index < -0.39 is 0 Å². The zero-order valence-corrected chi connectivity index (χ0v) is 10.4. The summed E-state index contributed by atoms with van der Waals surface area (Å²) in [6, 6.07) is 0. The molecule has 0 spiro atoms. The van der Waals surface area contributed by atoms with E-state index in [0.29, 0.717) is 13.2 Å². The molecule has 0 aliphatic carbocycles. The molecule has 100 valence electrons. The van der Waals surface area contributed by atoms with Crippen LogP contribution in [-0.4, -0.2) is 72.9 Å². The Bertz CT molecular complexity index is 239. The zero-order chi connectivity index (χ0) is 12.3. The van der Waals surface area contributed by atoms with Gasteiger partial charge in [0.15, 0.2) is 0 Å². The molecule has 5 nitrogen and oxygen atoms in total. The highest BCUT2D eigenvalue weighted by Gasteiger charge is 2.30. The fourth-order valence-electron chi connectivity index (χ4n) is 2.68. The van der Waals surface area contributed by atoms with Crippen molar-refractivity contribution in [2.24, 2.45) is 5.92 Å². The minimum absolute atomic E-state index is 0.0601. The van der Waals surface area contributed by atoms with E-state index in [-0.39, 0.29) is 30.8 Å². The van der Waals surface area contributed by atoms with E-state index in [1.807, 2.05) is 6.92 Å². The third-order valence-electron chi connectivity index (χ3n) is 3.53. The lowest BCUT2D eigenvalue weighted by atomic mass is 9.97. The monoisotopic (exact) mass is 245 g/mol. The Morgan fingerprint density at radius 3 is 2.88 bits per heavy atom. The lowest BCUT2D eigenvalue weighted by molar-refractivity contribution is -0.111. The molecule has 5 heteroatoms. The number of rotatable bonds is 3. The van der Waals surface area contributed by atoms with Crippen molar-refractivity contribution >= 4 is 0 Å². The molecule has 17 heavy (non-hydrogen) atoms. The highest BCUT2D eigenvalue weighted by atomic mass is 16.5. The molecule has 2 rings (SSSR count). The summed E-state index contributed by atoms with van der Waals surface area (Å²) in [7, 11) is 0. The number of aliphatic hydroxyl groups is 2. The molecule has 0 saturated carbocycles. The average molecular weight is 245 g/mol. The number of nitrogens with zero attached hydrogens (tertiary/aromatic N) is 1. The minimum Gasteiger partial charge on any atom is -0.394 e. The highest BCUT2D eigenvalue weighted by molar-refractivity contribution is 4.81. The van der Waals surface area contributed by atoms with Crippen LogP contribution >= 0.6 is 0 Å². The maximum atomic E-state index is 9.90. The number of hydrogen-bond donors (Lipinski definition) is 2. The first-order chi connectivity index (χ1) is 8.19. The first-order valence-corrected chi connectivity index (χ1v) is 6.43. The molecule has 0 aromatic carbocycles. The van der Waals surface area contributed by atoms with Crippen LogP contribution in [0.1, 0.15) is 13.3 Å². The molecule has 2 aliphatic rings. The second-order valence-corrected chi connectivity index (χ2v) is 5.16. The molecule has 0 bridgehead atoms. The van der Waals surface area contributed by atoms with Crippen molar-refractivity contribution in [3.63, 3.8) is 0 Å². The van der Waals surface area contributed by atoms with Crippen LogP contribution < -0.4 is 0 Å². The SMILES string of the molecule is CC1CN(CC2COCCC2O)CC(CO)O1. The Hall–Kier alpha value is -0.200. The third kappa shape index (κ3) is 3.63. The fourth-order valence-corrected chi connectivity index (χ4v) is 2.68. The van der Waals surface area contributed by atoms with Crippen molar-refractivity contribution < 1.29 is 19.7 Å². The summed E-state index contributed by atoms with van der Waals surface area (Å²) in [5.41, 5.74) is 0. The quantitative estimate of drug-likeness (QED) is 0.699. The summed E-state index contributed by atoms with van der Waals surface area (Å²) >= 11 is 0. The van der Waals surface area contributed by atoms with Crippen molar-refractivity contribution in [1.82, 2.24) is 4.90 Å². The van der Waals surface area contributed by atoms with Crippen molar-refractivity contribution in [2.45, 2.75) is 31.7 Å².